The summed E-state index contributed by atoms with van der Waals surface area (Å²) in [5, 5.41) is 7.74. The van der Waals surface area contributed by atoms with Crippen molar-refractivity contribution in [3.63, 3.8) is 0 Å². The van der Waals surface area contributed by atoms with Crippen LogP contribution in [0.15, 0.2) is 12.1 Å². The van der Waals surface area contributed by atoms with Crippen LogP contribution in [-0.2, 0) is 6.42 Å². The summed E-state index contributed by atoms with van der Waals surface area (Å²) in [6.45, 7) is 3.19. The largest absolute Gasteiger partial charge is 0.383 e. The Kier molecular flexibility index (Phi) is 1.92. The highest BCUT2D eigenvalue weighted by Gasteiger charge is 2.28. The molecular weight excluding hydrogens is 196 g/mol. The van der Waals surface area contributed by atoms with Crippen LogP contribution >= 0.6 is 11.6 Å². The molecule has 0 fully saturated rings. The quantitative estimate of drug-likeness (QED) is 0.682. The first-order chi connectivity index (χ1) is 6.86. The smallest absolute Gasteiger partial charge is 0.0640 e. The molecule has 0 saturated heterocycles. The lowest BCUT2D eigenvalue weighted by Gasteiger charge is -2.09. The molecule has 1 aromatic carbocycles. The highest BCUT2D eigenvalue weighted by atomic mass is 35.5. The van der Waals surface area contributed by atoms with E-state index >= 15 is 0 Å². The number of anilines is 1. The molecule has 3 rings (SSSR count). The molecule has 0 amide bonds. The van der Waals surface area contributed by atoms with E-state index in [-0.39, 0.29) is 0 Å². The van der Waals surface area contributed by atoms with E-state index in [4.69, 9.17) is 11.6 Å². The van der Waals surface area contributed by atoms with Crippen molar-refractivity contribution in [2.75, 3.05) is 25.0 Å². The summed E-state index contributed by atoms with van der Waals surface area (Å²) in [4.78, 5) is 0. The maximum atomic E-state index is 6.16. The highest BCUT2D eigenvalue weighted by molar-refractivity contribution is 6.33. The van der Waals surface area contributed by atoms with E-state index in [1.165, 1.54) is 16.8 Å². The van der Waals surface area contributed by atoms with E-state index in [0.717, 1.165) is 31.1 Å². The van der Waals surface area contributed by atoms with Crippen LogP contribution in [0.5, 0.6) is 0 Å². The fourth-order valence-electron chi connectivity index (χ4n) is 2.50. The van der Waals surface area contributed by atoms with Gasteiger partial charge in [-0.15, -0.1) is 0 Å². The van der Waals surface area contributed by atoms with Crippen molar-refractivity contribution < 1.29 is 0 Å². The summed E-state index contributed by atoms with van der Waals surface area (Å²) >= 11 is 6.16. The lowest BCUT2D eigenvalue weighted by molar-refractivity contribution is 0.639. The first kappa shape index (κ1) is 8.57. The molecule has 0 saturated carbocycles. The van der Waals surface area contributed by atoms with Crippen LogP contribution in [0.3, 0.4) is 0 Å². The molecule has 2 aliphatic heterocycles. The molecule has 0 radical (unpaired) electrons. The van der Waals surface area contributed by atoms with Gasteiger partial charge in [-0.2, -0.15) is 0 Å². The van der Waals surface area contributed by atoms with Crippen LogP contribution < -0.4 is 10.6 Å². The molecule has 74 valence electrons. The van der Waals surface area contributed by atoms with Crippen molar-refractivity contribution in [1.82, 2.24) is 5.32 Å². The van der Waals surface area contributed by atoms with Crippen LogP contribution in [0.4, 0.5) is 5.69 Å². The Bertz CT molecular complexity index is 376. The van der Waals surface area contributed by atoms with Gasteiger partial charge in [0.15, 0.2) is 0 Å². The molecule has 14 heavy (non-hydrogen) atoms. The Morgan fingerprint density at radius 1 is 1.29 bits per heavy atom. The zero-order valence-electron chi connectivity index (χ0n) is 7.94. The van der Waals surface area contributed by atoms with Crippen molar-refractivity contribution in [3.05, 3.63) is 28.3 Å². The van der Waals surface area contributed by atoms with Gasteiger partial charge in [0.1, 0.15) is 0 Å². The Labute approximate surface area is 88.6 Å². The van der Waals surface area contributed by atoms with Crippen molar-refractivity contribution in [3.8, 4) is 0 Å². The third kappa shape index (κ3) is 1.14. The standard InChI is InChI=1S/C11H13ClN2/c12-9-2-1-7-3-4-13-5-8-6-14-11(9)10(7)8/h1-2,8,13-14H,3-6H2. The molecule has 2 N–H and O–H groups in total. The van der Waals surface area contributed by atoms with E-state index in [1.54, 1.807) is 0 Å². The van der Waals surface area contributed by atoms with E-state index in [9.17, 15) is 0 Å². The Balaban J connectivity index is 2.20. The number of halogens is 1. The molecule has 0 aromatic heterocycles. The van der Waals surface area contributed by atoms with Crippen LogP contribution in [0.25, 0.3) is 0 Å². The van der Waals surface area contributed by atoms with Gasteiger partial charge in [-0.3, -0.25) is 0 Å². The minimum absolute atomic E-state index is 0.612. The summed E-state index contributed by atoms with van der Waals surface area (Å²) in [6, 6.07) is 4.19. The molecule has 2 heterocycles. The van der Waals surface area contributed by atoms with Gasteiger partial charge in [0.25, 0.3) is 0 Å². The zero-order valence-corrected chi connectivity index (χ0v) is 8.69. The molecule has 3 heteroatoms. The van der Waals surface area contributed by atoms with Crippen LogP contribution in [0.2, 0.25) is 5.02 Å². The van der Waals surface area contributed by atoms with Crippen molar-refractivity contribution in [2.45, 2.75) is 12.3 Å². The topological polar surface area (TPSA) is 24.1 Å². The Hall–Kier alpha value is -0.730. The van der Waals surface area contributed by atoms with Crippen LogP contribution in [0.1, 0.15) is 17.0 Å². The van der Waals surface area contributed by atoms with E-state index < -0.39 is 0 Å². The first-order valence-corrected chi connectivity index (χ1v) is 5.50. The lowest BCUT2D eigenvalue weighted by atomic mass is 9.95. The summed E-state index contributed by atoms with van der Waals surface area (Å²) in [6.07, 6.45) is 1.12. The number of rotatable bonds is 0. The molecule has 2 aliphatic rings. The average molecular weight is 209 g/mol. The monoisotopic (exact) mass is 208 g/mol. The predicted molar refractivity (Wildman–Crippen MR) is 59.3 cm³/mol. The van der Waals surface area contributed by atoms with Gasteiger partial charge in [0.2, 0.25) is 0 Å². The second-order valence-corrected chi connectivity index (χ2v) is 4.43. The molecule has 1 unspecified atom stereocenters. The summed E-state index contributed by atoms with van der Waals surface area (Å²) < 4.78 is 0. The van der Waals surface area contributed by atoms with Crippen molar-refractivity contribution in [1.29, 1.82) is 0 Å². The molecule has 0 aliphatic carbocycles. The van der Waals surface area contributed by atoms with Crippen LogP contribution in [-0.4, -0.2) is 19.6 Å². The molecule has 2 nitrogen and oxygen atoms in total. The SMILES string of the molecule is Clc1ccc2c3c1NCC3CNCC2. The predicted octanol–water partition coefficient (Wildman–Crippen LogP) is 1.99. The molecule has 0 spiro atoms. The summed E-state index contributed by atoms with van der Waals surface area (Å²) in [7, 11) is 0. The Morgan fingerprint density at radius 2 is 2.21 bits per heavy atom. The van der Waals surface area contributed by atoms with E-state index in [0.29, 0.717) is 5.92 Å². The summed E-state index contributed by atoms with van der Waals surface area (Å²) in [5.41, 5.74) is 4.10. The number of hydrogen-bond acceptors (Lipinski definition) is 2. The second kappa shape index (κ2) is 3.14. The minimum atomic E-state index is 0.612. The van der Waals surface area contributed by atoms with E-state index in [1.807, 2.05) is 6.07 Å². The van der Waals surface area contributed by atoms with Gasteiger partial charge in [-0.25, -0.2) is 0 Å². The van der Waals surface area contributed by atoms with Gasteiger partial charge in [-0.1, -0.05) is 17.7 Å². The molecular formula is C11H13ClN2. The zero-order chi connectivity index (χ0) is 9.54. The fraction of sp³-hybridized carbons (Fsp3) is 0.455. The third-order valence-corrected chi connectivity index (χ3v) is 3.50. The Morgan fingerprint density at radius 3 is 3.14 bits per heavy atom. The van der Waals surface area contributed by atoms with Gasteiger partial charge in [0, 0.05) is 19.0 Å². The minimum Gasteiger partial charge on any atom is -0.383 e. The normalized spacial score (nSPS) is 23.9. The maximum Gasteiger partial charge on any atom is 0.0640 e. The lowest BCUT2D eigenvalue weighted by Crippen LogP contribution is -2.21. The number of benzene rings is 1. The van der Waals surface area contributed by atoms with Crippen LogP contribution in [0, 0.1) is 0 Å². The van der Waals surface area contributed by atoms with Crippen molar-refractivity contribution in [2.24, 2.45) is 0 Å². The van der Waals surface area contributed by atoms with E-state index in [2.05, 4.69) is 16.7 Å². The third-order valence-electron chi connectivity index (χ3n) is 3.18. The van der Waals surface area contributed by atoms with Crippen molar-refractivity contribution >= 4 is 17.3 Å². The first-order valence-electron chi connectivity index (χ1n) is 5.12. The highest BCUT2D eigenvalue weighted by Crippen LogP contribution is 2.39. The average Bonchev–Trinajstić information content (AvgIpc) is 2.51. The molecule has 1 aromatic rings. The maximum absolute atomic E-state index is 6.16. The van der Waals surface area contributed by atoms with Gasteiger partial charge >= 0.3 is 0 Å². The van der Waals surface area contributed by atoms with Gasteiger partial charge in [0.05, 0.1) is 10.7 Å². The number of hydrogen-bond donors (Lipinski definition) is 2. The van der Waals surface area contributed by atoms with Gasteiger partial charge < -0.3 is 10.6 Å². The molecule has 0 bridgehead atoms. The summed E-state index contributed by atoms with van der Waals surface area (Å²) in [5.74, 6) is 0.612. The second-order valence-electron chi connectivity index (χ2n) is 4.03. The van der Waals surface area contributed by atoms with Gasteiger partial charge in [-0.05, 0) is 30.2 Å². The number of nitrogens with one attached hydrogen (secondary N) is 2. The fourth-order valence-corrected chi connectivity index (χ4v) is 2.73. The molecule has 1 atom stereocenters.